The predicted octanol–water partition coefficient (Wildman–Crippen LogP) is 1.81. The number of methoxy groups -OCH3 is 1. The largest absolute Gasteiger partial charge is 0.493 e. The molecule has 0 bridgehead atoms. The zero-order chi connectivity index (χ0) is 16.1. The highest BCUT2D eigenvalue weighted by atomic mass is 16.7. The van der Waals surface area contributed by atoms with Crippen LogP contribution in [-0.4, -0.2) is 42.0 Å². The van der Waals surface area contributed by atoms with Crippen LogP contribution >= 0.6 is 0 Å². The van der Waals surface area contributed by atoms with Crippen LogP contribution < -0.4 is 14.2 Å². The van der Waals surface area contributed by atoms with Crippen molar-refractivity contribution in [2.24, 2.45) is 0 Å². The minimum atomic E-state index is 0.0992. The summed E-state index contributed by atoms with van der Waals surface area (Å²) in [7, 11) is 1.61. The second kappa shape index (κ2) is 7.30. The molecular formula is C17H20N2O4. The number of fused-ring (bicyclic) bond motifs is 1. The van der Waals surface area contributed by atoms with Crippen LogP contribution in [0.1, 0.15) is 11.1 Å². The third-order valence-corrected chi connectivity index (χ3v) is 3.67. The molecule has 0 saturated heterocycles. The molecule has 1 N–H and O–H groups in total. The molecule has 0 atom stereocenters. The summed E-state index contributed by atoms with van der Waals surface area (Å²) in [5.74, 6) is 2.02. The van der Waals surface area contributed by atoms with Gasteiger partial charge in [0.1, 0.15) is 0 Å². The number of aromatic nitrogens is 1. The van der Waals surface area contributed by atoms with Crippen LogP contribution in [-0.2, 0) is 13.1 Å². The quantitative estimate of drug-likeness (QED) is 0.840. The molecule has 6 heteroatoms. The van der Waals surface area contributed by atoms with Gasteiger partial charge in [0.25, 0.3) is 0 Å². The third kappa shape index (κ3) is 3.72. The highest BCUT2D eigenvalue weighted by Gasteiger charge is 2.20. The predicted molar refractivity (Wildman–Crippen MR) is 84.6 cm³/mol. The maximum Gasteiger partial charge on any atom is 0.231 e. The minimum Gasteiger partial charge on any atom is -0.493 e. The van der Waals surface area contributed by atoms with E-state index in [9.17, 15) is 5.11 Å². The van der Waals surface area contributed by atoms with E-state index in [0.717, 1.165) is 11.1 Å². The molecule has 23 heavy (non-hydrogen) atoms. The van der Waals surface area contributed by atoms with Gasteiger partial charge in [-0.05, 0) is 29.3 Å². The van der Waals surface area contributed by atoms with Crippen molar-refractivity contribution >= 4 is 0 Å². The number of rotatable bonds is 7. The molecule has 0 unspecified atom stereocenters. The zero-order valence-electron chi connectivity index (χ0n) is 13.1. The van der Waals surface area contributed by atoms with Gasteiger partial charge in [0, 0.05) is 32.0 Å². The van der Waals surface area contributed by atoms with Crippen molar-refractivity contribution in [2.75, 3.05) is 27.1 Å². The Balaban J connectivity index is 1.77. The van der Waals surface area contributed by atoms with Crippen molar-refractivity contribution < 1.29 is 19.3 Å². The van der Waals surface area contributed by atoms with Gasteiger partial charge in [-0.15, -0.1) is 0 Å². The maximum atomic E-state index is 9.32. The Bertz CT molecular complexity index is 649. The average molecular weight is 316 g/mol. The van der Waals surface area contributed by atoms with E-state index >= 15 is 0 Å². The molecule has 0 aliphatic carbocycles. The normalized spacial score (nSPS) is 12.7. The second-order valence-corrected chi connectivity index (χ2v) is 5.33. The number of hydrogen-bond acceptors (Lipinski definition) is 6. The van der Waals surface area contributed by atoms with Crippen LogP contribution in [0.25, 0.3) is 0 Å². The number of aliphatic hydroxyl groups is 1. The summed E-state index contributed by atoms with van der Waals surface area (Å²) in [6, 6.07) is 7.84. The van der Waals surface area contributed by atoms with E-state index in [-0.39, 0.29) is 13.4 Å². The Kier molecular flexibility index (Phi) is 4.95. The van der Waals surface area contributed by atoms with Crippen molar-refractivity contribution in [3.63, 3.8) is 0 Å². The topological polar surface area (TPSA) is 64.1 Å². The van der Waals surface area contributed by atoms with Crippen molar-refractivity contribution in [3.8, 4) is 17.2 Å². The van der Waals surface area contributed by atoms with Gasteiger partial charge < -0.3 is 19.3 Å². The fraction of sp³-hybridized carbons (Fsp3) is 0.353. The van der Waals surface area contributed by atoms with Crippen LogP contribution in [0.5, 0.6) is 17.2 Å². The number of ether oxygens (including phenoxy) is 3. The molecule has 0 spiro atoms. The zero-order valence-corrected chi connectivity index (χ0v) is 13.1. The van der Waals surface area contributed by atoms with Gasteiger partial charge >= 0.3 is 0 Å². The van der Waals surface area contributed by atoms with Crippen LogP contribution in [0.15, 0.2) is 36.7 Å². The molecule has 1 aromatic carbocycles. The summed E-state index contributed by atoms with van der Waals surface area (Å²) < 4.78 is 16.3. The monoisotopic (exact) mass is 316 g/mol. The molecule has 1 aromatic heterocycles. The number of aliphatic hydroxyl groups excluding tert-OH is 1. The van der Waals surface area contributed by atoms with Crippen molar-refractivity contribution in [3.05, 3.63) is 47.8 Å². The van der Waals surface area contributed by atoms with Gasteiger partial charge in [-0.3, -0.25) is 9.88 Å². The van der Waals surface area contributed by atoms with E-state index in [1.807, 2.05) is 30.5 Å². The number of hydrogen-bond donors (Lipinski definition) is 1. The number of pyridine rings is 1. The number of benzene rings is 1. The van der Waals surface area contributed by atoms with Gasteiger partial charge in [0.2, 0.25) is 12.5 Å². The van der Waals surface area contributed by atoms with Gasteiger partial charge in [0.15, 0.2) is 11.5 Å². The van der Waals surface area contributed by atoms with Gasteiger partial charge in [-0.1, -0.05) is 6.07 Å². The Morgan fingerprint density at radius 1 is 1.26 bits per heavy atom. The van der Waals surface area contributed by atoms with E-state index in [0.29, 0.717) is 36.9 Å². The van der Waals surface area contributed by atoms with Gasteiger partial charge in [0.05, 0.1) is 13.7 Å². The molecule has 3 rings (SSSR count). The third-order valence-electron chi connectivity index (χ3n) is 3.67. The van der Waals surface area contributed by atoms with Gasteiger partial charge in [-0.2, -0.15) is 0 Å². The molecule has 0 radical (unpaired) electrons. The first-order chi connectivity index (χ1) is 11.3. The summed E-state index contributed by atoms with van der Waals surface area (Å²) in [6.07, 6.45) is 3.59. The van der Waals surface area contributed by atoms with E-state index in [2.05, 4.69) is 9.88 Å². The van der Waals surface area contributed by atoms with Crippen molar-refractivity contribution in [1.29, 1.82) is 0 Å². The lowest BCUT2D eigenvalue weighted by atomic mass is 10.1. The van der Waals surface area contributed by atoms with Crippen LogP contribution in [0.4, 0.5) is 0 Å². The summed E-state index contributed by atoms with van der Waals surface area (Å²) in [6.45, 7) is 2.27. The lowest BCUT2D eigenvalue weighted by Crippen LogP contribution is -2.26. The van der Waals surface area contributed by atoms with Crippen LogP contribution in [0.3, 0.4) is 0 Å². The molecular weight excluding hydrogens is 296 g/mol. The first-order valence-corrected chi connectivity index (χ1v) is 7.49. The molecule has 2 heterocycles. The fourth-order valence-electron chi connectivity index (χ4n) is 2.64. The Morgan fingerprint density at radius 3 is 2.87 bits per heavy atom. The molecule has 1 aliphatic rings. The standard InChI is InChI=1S/C17H20N2O4/c1-21-15-7-14(8-16-17(15)23-12-22-16)11-19(5-6-20)10-13-3-2-4-18-9-13/h2-4,7-9,20H,5-6,10-12H2,1H3. The molecule has 6 nitrogen and oxygen atoms in total. The van der Waals surface area contributed by atoms with Gasteiger partial charge in [-0.25, -0.2) is 0 Å². The fourth-order valence-corrected chi connectivity index (χ4v) is 2.64. The smallest absolute Gasteiger partial charge is 0.231 e. The summed E-state index contributed by atoms with van der Waals surface area (Å²) in [4.78, 5) is 6.28. The first kappa shape index (κ1) is 15.6. The lowest BCUT2D eigenvalue weighted by Gasteiger charge is -2.22. The van der Waals surface area contributed by atoms with Crippen LogP contribution in [0, 0.1) is 0 Å². The van der Waals surface area contributed by atoms with Crippen LogP contribution in [0.2, 0.25) is 0 Å². The van der Waals surface area contributed by atoms with E-state index in [1.54, 1.807) is 13.3 Å². The summed E-state index contributed by atoms with van der Waals surface area (Å²) in [5, 5.41) is 9.32. The molecule has 2 aromatic rings. The van der Waals surface area contributed by atoms with E-state index in [1.165, 1.54) is 0 Å². The number of nitrogens with zero attached hydrogens (tertiary/aromatic N) is 2. The molecule has 122 valence electrons. The lowest BCUT2D eigenvalue weighted by molar-refractivity contribution is 0.171. The Labute approximate surface area is 135 Å². The molecule has 0 saturated carbocycles. The van der Waals surface area contributed by atoms with Crippen molar-refractivity contribution in [1.82, 2.24) is 9.88 Å². The molecule has 0 amide bonds. The van der Waals surface area contributed by atoms with E-state index < -0.39 is 0 Å². The maximum absolute atomic E-state index is 9.32. The highest BCUT2D eigenvalue weighted by Crippen LogP contribution is 2.42. The highest BCUT2D eigenvalue weighted by molar-refractivity contribution is 5.55. The average Bonchev–Trinajstić information content (AvgIpc) is 3.03. The SMILES string of the molecule is COc1cc(CN(CCO)Cc2cccnc2)cc2c1OCO2. The molecule has 0 fully saturated rings. The van der Waals surface area contributed by atoms with E-state index in [4.69, 9.17) is 14.2 Å². The second-order valence-electron chi connectivity index (χ2n) is 5.33. The minimum absolute atomic E-state index is 0.0992. The molecule has 1 aliphatic heterocycles. The Hall–Kier alpha value is -2.31. The summed E-state index contributed by atoms with van der Waals surface area (Å²) in [5.41, 5.74) is 2.15. The summed E-state index contributed by atoms with van der Waals surface area (Å²) >= 11 is 0. The Morgan fingerprint density at radius 2 is 2.13 bits per heavy atom. The first-order valence-electron chi connectivity index (χ1n) is 7.49. The van der Waals surface area contributed by atoms with Crippen molar-refractivity contribution in [2.45, 2.75) is 13.1 Å².